The van der Waals surface area contributed by atoms with Gasteiger partial charge in [0.2, 0.25) is 11.8 Å². The Morgan fingerprint density at radius 3 is 2.12 bits per heavy atom. The maximum atomic E-state index is 14.3. The van der Waals surface area contributed by atoms with Gasteiger partial charge in [-0.3, -0.25) is 9.59 Å². The summed E-state index contributed by atoms with van der Waals surface area (Å²) in [5.41, 5.74) is 2.22. The van der Waals surface area contributed by atoms with Crippen LogP contribution in [-0.2, 0) is 20.7 Å². The molecule has 40 heavy (non-hydrogen) atoms. The second-order valence-corrected chi connectivity index (χ2v) is 11.2. The van der Waals surface area contributed by atoms with Gasteiger partial charge in [-0.2, -0.15) is 0 Å². The number of carbonyl (C=O) groups excluding carboxylic acids is 3. The van der Waals surface area contributed by atoms with Crippen molar-refractivity contribution in [2.24, 2.45) is 0 Å². The molecule has 0 aromatic heterocycles. The Kier molecular flexibility index (Phi) is 12.0. The first-order valence-electron chi connectivity index (χ1n) is 13.8. The van der Waals surface area contributed by atoms with Gasteiger partial charge in [-0.1, -0.05) is 43.7 Å². The highest BCUT2D eigenvalue weighted by Crippen LogP contribution is 2.29. The summed E-state index contributed by atoms with van der Waals surface area (Å²) in [7, 11) is 0. The van der Waals surface area contributed by atoms with Gasteiger partial charge in [-0.15, -0.1) is 0 Å². The number of alkyl carbamates (subject to hydrolysis) is 1. The van der Waals surface area contributed by atoms with Gasteiger partial charge in [-0.25, -0.2) is 4.79 Å². The van der Waals surface area contributed by atoms with Gasteiger partial charge < -0.3 is 30.5 Å². The first-order chi connectivity index (χ1) is 18.8. The van der Waals surface area contributed by atoms with Gasteiger partial charge in [0, 0.05) is 19.0 Å². The zero-order valence-electron chi connectivity index (χ0n) is 24.8. The summed E-state index contributed by atoms with van der Waals surface area (Å²) < 4.78 is 5.44. The number of phenols is 1. The van der Waals surface area contributed by atoms with Crippen LogP contribution in [-0.4, -0.2) is 63.9 Å². The van der Waals surface area contributed by atoms with Crippen molar-refractivity contribution in [3.05, 3.63) is 64.7 Å². The highest BCUT2D eigenvalue weighted by molar-refractivity contribution is 5.93. The lowest BCUT2D eigenvalue weighted by atomic mass is 9.93. The summed E-state index contributed by atoms with van der Waals surface area (Å²) in [6.45, 7) is 12.4. The fourth-order valence-corrected chi connectivity index (χ4v) is 4.71. The standard InChI is InChI=1S/C31H45N3O6/c1-8-10-22(4)32-28(37)27(26-20(2)11-9-12-21(26)3)34(17-18-35)29(38)25(33-30(39)40-31(5,6)7)19-23-13-15-24(36)16-14-23/h9,11-16,22,25,27,35-36H,8,10,17-19H2,1-7H3,(H,32,37)(H,33,39). The van der Waals surface area contributed by atoms with Crippen molar-refractivity contribution in [3.63, 3.8) is 0 Å². The van der Waals surface area contributed by atoms with Crippen LogP contribution < -0.4 is 10.6 Å². The molecule has 0 saturated heterocycles. The molecule has 0 aliphatic carbocycles. The molecule has 0 spiro atoms. The topological polar surface area (TPSA) is 128 Å². The summed E-state index contributed by atoms with van der Waals surface area (Å²) in [5.74, 6) is -0.832. The molecule has 2 aromatic rings. The zero-order chi connectivity index (χ0) is 30.0. The van der Waals surface area contributed by atoms with Crippen molar-refractivity contribution in [1.82, 2.24) is 15.5 Å². The summed E-state index contributed by atoms with van der Waals surface area (Å²) in [5, 5.41) is 25.5. The number of aromatic hydroxyl groups is 1. The van der Waals surface area contributed by atoms with Crippen LogP contribution in [0.3, 0.4) is 0 Å². The third-order valence-corrected chi connectivity index (χ3v) is 6.48. The lowest BCUT2D eigenvalue weighted by molar-refractivity contribution is -0.143. The number of ether oxygens (including phenoxy) is 1. The normalized spacial score (nSPS) is 13.6. The van der Waals surface area contributed by atoms with E-state index in [1.54, 1.807) is 32.9 Å². The third kappa shape index (κ3) is 9.55. The first-order valence-corrected chi connectivity index (χ1v) is 13.8. The average molecular weight is 556 g/mol. The second-order valence-electron chi connectivity index (χ2n) is 11.2. The molecule has 0 heterocycles. The van der Waals surface area contributed by atoms with Crippen LogP contribution in [0.2, 0.25) is 0 Å². The number of carbonyl (C=O) groups is 3. The Morgan fingerprint density at radius 1 is 1.00 bits per heavy atom. The van der Waals surface area contributed by atoms with E-state index in [1.165, 1.54) is 17.0 Å². The van der Waals surface area contributed by atoms with Gasteiger partial charge in [0.25, 0.3) is 0 Å². The largest absolute Gasteiger partial charge is 0.508 e. The highest BCUT2D eigenvalue weighted by Gasteiger charge is 2.37. The van der Waals surface area contributed by atoms with Gasteiger partial charge in [0.1, 0.15) is 23.4 Å². The average Bonchev–Trinajstić information content (AvgIpc) is 2.84. The zero-order valence-corrected chi connectivity index (χ0v) is 24.8. The van der Waals surface area contributed by atoms with E-state index in [9.17, 15) is 24.6 Å². The van der Waals surface area contributed by atoms with Crippen molar-refractivity contribution >= 4 is 17.9 Å². The smallest absolute Gasteiger partial charge is 0.408 e. The number of aryl methyl sites for hydroxylation is 2. The first kappa shape index (κ1) is 32.6. The van der Waals surface area contributed by atoms with Gasteiger partial charge in [-0.05, 0) is 82.3 Å². The van der Waals surface area contributed by atoms with Gasteiger partial charge >= 0.3 is 6.09 Å². The van der Waals surface area contributed by atoms with Crippen molar-refractivity contribution in [3.8, 4) is 5.75 Å². The van der Waals surface area contributed by atoms with Crippen molar-refractivity contribution in [1.29, 1.82) is 0 Å². The molecule has 0 aliphatic heterocycles. The monoisotopic (exact) mass is 555 g/mol. The number of rotatable bonds is 12. The molecule has 2 rings (SSSR count). The predicted molar refractivity (Wildman–Crippen MR) is 155 cm³/mol. The number of phenolic OH excluding ortho intramolecular Hbond substituents is 1. The number of hydrogen-bond acceptors (Lipinski definition) is 6. The van der Waals surface area contributed by atoms with Crippen LogP contribution in [0.25, 0.3) is 0 Å². The predicted octanol–water partition coefficient (Wildman–Crippen LogP) is 4.31. The van der Waals surface area contributed by atoms with E-state index in [2.05, 4.69) is 10.6 Å². The Hall–Kier alpha value is -3.59. The Balaban J connectivity index is 2.59. The fraction of sp³-hybridized carbons (Fsp3) is 0.516. The summed E-state index contributed by atoms with van der Waals surface area (Å²) >= 11 is 0. The van der Waals surface area contributed by atoms with Crippen molar-refractivity contribution in [2.45, 2.75) is 91.5 Å². The molecule has 3 unspecified atom stereocenters. The molecule has 3 atom stereocenters. The van der Waals surface area contributed by atoms with E-state index in [1.807, 2.05) is 45.9 Å². The molecule has 0 saturated carbocycles. The van der Waals surface area contributed by atoms with Crippen LogP contribution >= 0.6 is 0 Å². The lowest BCUT2D eigenvalue weighted by Gasteiger charge is -2.36. The van der Waals surface area contributed by atoms with Crippen LogP contribution in [0.5, 0.6) is 5.75 Å². The minimum Gasteiger partial charge on any atom is -0.508 e. The maximum Gasteiger partial charge on any atom is 0.408 e. The molecule has 0 radical (unpaired) electrons. The minimum absolute atomic E-state index is 0.0709. The maximum absolute atomic E-state index is 14.3. The number of nitrogens with one attached hydrogen (secondary N) is 2. The molecular formula is C31H45N3O6. The van der Waals surface area contributed by atoms with Crippen LogP contribution in [0.4, 0.5) is 4.79 Å². The molecular weight excluding hydrogens is 510 g/mol. The molecule has 2 aromatic carbocycles. The summed E-state index contributed by atoms with van der Waals surface area (Å²) in [6.07, 6.45) is 0.943. The Labute approximate surface area is 237 Å². The summed E-state index contributed by atoms with van der Waals surface area (Å²) in [4.78, 5) is 42.3. The van der Waals surface area contributed by atoms with E-state index in [0.717, 1.165) is 24.0 Å². The van der Waals surface area contributed by atoms with Crippen LogP contribution in [0.15, 0.2) is 42.5 Å². The van der Waals surface area contributed by atoms with E-state index < -0.39 is 29.7 Å². The third-order valence-electron chi connectivity index (χ3n) is 6.48. The molecule has 0 bridgehead atoms. The van der Waals surface area contributed by atoms with Crippen LogP contribution in [0.1, 0.15) is 75.8 Å². The van der Waals surface area contributed by atoms with E-state index >= 15 is 0 Å². The number of aliphatic hydroxyl groups excluding tert-OH is 1. The minimum atomic E-state index is -1.11. The molecule has 220 valence electrons. The Morgan fingerprint density at radius 2 is 1.60 bits per heavy atom. The highest BCUT2D eigenvalue weighted by atomic mass is 16.6. The molecule has 9 nitrogen and oxygen atoms in total. The van der Waals surface area contributed by atoms with Crippen molar-refractivity contribution < 1.29 is 29.3 Å². The number of hydrogen-bond donors (Lipinski definition) is 4. The van der Waals surface area contributed by atoms with Crippen molar-refractivity contribution in [2.75, 3.05) is 13.2 Å². The molecule has 0 aliphatic rings. The van der Waals surface area contributed by atoms with E-state index in [4.69, 9.17) is 4.74 Å². The fourth-order valence-electron chi connectivity index (χ4n) is 4.71. The number of benzene rings is 2. The number of nitrogens with zero attached hydrogens (tertiary/aromatic N) is 1. The molecule has 9 heteroatoms. The van der Waals surface area contributed by atoms with Gasteiger partial charge in [0.15, 0.2) is 0 Å². The second kappa shape index (κ2) is 14.7. The Bertz CT molecular complexity index is 1120. The molecule has 3 amide bonds. The van der Waals surface area contributed by atoms with Crippen LogP contribution in [0, 0.1) is 13.8 Å². The number of aliphatic hydroxyl groups is 1. The summed E-state index contributed by atoms with van der Waals surface area (Å²) in [6, 6.07) is 9.69. The number of amides is 3. The SMILES string of the molecule is CCCC(C)NC(=O)C(c1c(C)cccc1C)N(CCO)C(=O)C(Cc1ccc(O)cc1)NC(=O)OC(C)(C)C. The van der Waals surface area contributed by atoms with Gasteiger partial charge in [0.05, 0.1) is 6.61 Å². The van der Waals surface area contributed by atoms with E-state index in [0.29, 0.717) is 11.1 Å². The van der Waals surface area contributed by atoms with E-state index in [-0.39, 0.29) is 37.3 Å². The quantitative estimate of drug-likeness (QED) is 0.309. The molecule has 4 N–H and O–H groups in total. The molecule has 0 fully saturated rings. The lowest BCUT2D eigenvalue weighted by Crippen LogP contribution is -2.55.